The Morgan fingerprint density at radius 1 is 1.00 bits per heavy atom. The van der Waals surface area contributed by atoms with E-state index in [1.54, 1.807) is 0 Å². The van der Waals surface area contributed by atoms with Gasteiger partial charge in [0, 0.05) is 18.0 Å². The Morgan fingerprint density at radius 3 is 2.36 bits per heavy atom. The summed E-state index contributed by atoms with van der Waals surface area (Å²) in [6.45, 7) is 2.14. The summed E-state index contributed by atoms with van der Waals surface area (Å²) in [5, 5.41) is 1.87. The van der Waals surface area contributed by atoms with Crippen LogP contribution in [0.4, 0.5) is 10.1 Å². The first-order valence-electron chi connectivity index (χ1n) is 7.92. The summed E-state index contributed by atoms with van der Waals surface area (Å²) in [7, 11) is 0. The van der Waals surface area contributed by atoms with E-state index in [4.69, 9.17) is 4.74 Å². The predicted octanol–water partition coefficient (Wildman–Crippen LogP) is 2.50. The SMILES string of the molecule is O=C1C(c2cccs2)=C(N2CCOCC2)C(=O)N1c1ccc(F)cc1. The summed E-state index contributed by atoms with van der Waals surface area (Å²) in [4.78, 5) is 29.9. The number of benzene rings is 1. The van der Waals surface area contributed by atoms with Crippen LogP contribution >= 0.6 is 11.3 Å². The summed E-state index contributed by atoms with van der Waals surface area (Å²) in [5.74, 6) is -1.16. The van der Waals surface area contributed by atoms with E-state index in [-0.39, 0.29) is 11.8 Å². The second-order valence-electron chi connectivity index (χ2n) is 5.72. The van der Waals surface area contributed by atoms with Gasteiger partial charge in [0.25, 0.3) is 11.8 Å². The molecule has 1 saturated heterocycles. The molecule has 2 amide bonds. The lowest BCUT2D eigenvalue weighted by molar-refractivity contribution is -0.121. The molecule has 0 spiro atoms. The Hall–Kier alpha value is -2.51. The number of ether oxygens (including phenoxy) is 1. The molecule has 0 atom stereocenters. The van der Waals surface area contributed by atoms with E-state index in [0.717, 1.165) is 9.78 Å². The molecule has 25 heavy (non-hydrogen) atoms. The zero-order valence-corrected chi connectivity index (χ0v) is 14.1. The number of morpholine rings is 1. The number of imide groups is 1. The van der Waals surface area contributed by atoms with Crippen molar-refractivity contribution in [3.8, 4) is 0 Å². The van der Waals surface area contributed by atoms with E-state index in [9.17, 15) is 14.0 Å². The minimum atomic E-state index is -0.414. The van der Waals surface area contributed by atoms with Crippen molar-refractivity contribution in [1.82, 2.24) is 4.90 Å². The Labute approximate surface area is 147 Å². The molecule has 3 heterocycles. The van der Waals surface area contributed by atoms with E-state index in [2.05, 4.69) is 0 Å². The number of thiophene rings is 1. The van der Waals surface area contributed by atoms with Gasteiger partial charge in [0.15, 0.2) is 0 Å². The summed E-state index contributed by atoms with van der Waals surface area (Å²) < 4.78 is 18.6. The second kappa shape index (κ2) is 6.42. The van der Waals surface area contributed by atoms with E-state index in [1.165, 1.54) is 35.6 Å². The summed E-state index contributed by atoms with van der Waals surface area (Å²) in [6, 6.07) is 9.06. The van der Waals surface area contributed by atoms with Crippen LogP contribution in [0.15, 0.2) is 47.5 Å². The Balaban J connectivity index is 1.79. The Bertz CT molecular complexity index is 840. The van der Waals surface area contributed by atoms with Gasteiger partial charge in [0.2, 0.25) is 0 Å². The second-order valence-corrected chi connectivity index (χ2v) is 6.67. The predicted molar refractivity (Wildman–Crippen MR) is 92.5 cm³/mol. The number of amides is 2. The highest BCUT2D eigenvalue weighted by Crippen LogP contribution is 2.36. The lowest BCUT2D eigenvalue weighted by Crippen LogP contribution is -2.40. The number of nitrogens with zero attached hydrogens (tertiary/aromatic N) is 2. The number of anilines is 1. The van der Waals surface area contributed by atoms with Crippen LogP contribution in [0, 0.1) is 5.82 Å². The maximum Gasteiger partial charge on any atom is 0.282 e. The van der Waals surface area contributed by atoms with E-state index >= 15 is 0 Å². The molecule has 2 aliphatic rings. The van der Waals surface area contributed by atoms with Crippen molar-refractivity contribution < 1.29 is 18.7 Å². The average Bonchev–Trinajstić information content (AvgIpc) is 3.23. The number of carbonyl (C=O) groups excluding carboxylic acids is 2. The number of hydrogen-bond donors (Lipinski definition) is 0. The molecule has 5 nitrogen and oxygen atoms in total. The van der Waals surface area contributed by atoms with Gasteiger partial charge in [0.05, 0.1) is 24.5 Å². The average molecular weight is 358 g/mol. The molecule has 0 N–H and O–H groups in total. The minimum absolute atomic E-state index is 0.369. The highest BCUT2D eigenvalue weighted by atomic mass is 32.1. The highest BCUT2D eigenvalue weighted by Gasteiger charge is 2.43. The Morgan fingerprint density at radius 2 is 1.72 bits per heavy atom. The maximum absolute atomic E-state index is 13.2. The third-order valence-electron chi connectivity index (χ3n) is 4.24. The fourth-order valence-corrected chi connectivity index (χ4v) is 3.83. The van der Waals surface area contributed by atoms with Crippen LogP contribution in [0.3, 0.4) is 0 Å². The first-order valence-corrected chi connectivity index (χ1v) is 8.80. The van der Waals surface area contributed by atoms with Crippen LogP contribution in [-0.2, 0) is 14.3 Å². The lowest BCUT2D eigenvalue weighted by atomic mass is 10.1. The molecule has 0 unspecified atom stereocenters. The molecule has 7 heteroatoms. The van der Waals surface area contributed by atoms with Gasteiger partial charge in [-0.15, -0.1) is 11.3 Å². The van der Waals surface area contributed by atoms with E-state index < -0.39 is 5.82 Å². The number of carbonyl (C=O) groups is 2. The van der Waals surface area contributed by atoms with Crippen molar-refractivity contribution in [2.45, 2.75) is 0 Å². The first-order chi connectivity index (χ1) is 12.2. The molecule has 2 aromatic rings. The molecule has 128 valence electrons. The van der Waals surface area contributed by atoms with Crippen molar-refractivity contribution in [2.75, 3.05) is 31.2 Å². The van der Waals surface area contributed by atoms with Crippen molar-refractivity contribution in [2.24, 2.45) is 0 Å². The van der Waals surface area contributed by atoms with E-state index in [0.29, 0.717) is 43.3 Å². The van der Waals surface area contributed by atoms with Crippen molar-refractivity contribution in [3.63, 3.8) is 0 Å². The first kappa shape index (κ1) is 16.0. The molecule has 1 fully saturated rings. The zero-order chi connectivity index (χ0) is 17.4. The monoisotopic (exact) mass is 358 g/mol. The van der Waals surface area contributed by atoms with E-state index in [1.807, 2.05) is 22.4 Å². The smallest absolute Gasteiger partial charge is 0.282 e. The van der Waals surface area contributed by atoms with Gasteiger partial charge in [-0.1, -0.05) is 6.07 Å². The van der Waals surface area contributed by atoms with Crippen molar-refractivity contribution >= 4 is 34.4 Å². The van der Waals surface area contributed by atoms with Gasteiger partial charge in [-0.05, 0) is 35.7 Å². The highest BCUT2D eigenvalue weighted by molar-refractivity contribution is 7.11. The van der Waals surface area contributed by atoms with Crippen molar-refractivity contribution in [1.29, 1.82) is 0 Å². The molecule has 0 aliphatic carbocycles. The van der Waals surface area contributed by atoms with Crippen LogP contribution < -0.4 is 4.90 Å². The summed E-state index contributed by atoms with van der Waals surface area (Å²) in [6.07, 6.45) is 0. The van der Waals surface area contributed by atoms with Gasteiger partial charge < -0.3 is 9.64 Å². The van der Waals surface area contributed by atoms with Gasteiger partial charge in [-0.2, -0.15) is 0 Å². The number of halogens is 1. The summed E-state index contributed by atoms with van der Waals surface area (Å²) >= 11 is 1.42. The van der Waals surface area contributed by atoms with Crippen molar-refractivity contribution in [3.05, 3.63) is 58.2 Å². The van der Waals surface area contributed by atoms with Gasteiger partial charge in [-0.3, -0.25) is 9.59 Å². The topological polar surface area (TPSA) is 49.9 Å². The molecule has 0 saturated carbocycles. The van der Waals surface area contributed by atoms with Gasteiger partial charge in [0.1, 0.15) is 11.5 Å². The third kappa shape index (κ3) is 2.75. The van der Waals surface area contributed by atoms with Crippen LogP contribution in [0.5, 0.6) is 0 Å². The zero-order valence-electron chi connectivity index (χ0n) is 13.3. The van der Waals surface area contributed by atoms with Gasteiger partial charge >= 0.3 is 0 Å². The molecular weight excluding hydrogens is 343 g/mol. The molecule has 1 aromatic carbocycles. The van der Waals surface area contributed by atoms with Crippen LogP contribution in [0.1, 0.15) is 4.88 Å². The fraction of sp³-hybridized carbons (Fsp3) is 0.222. The summed E-state index contributed by atoms with van der Waals surface area (Å²) in [5.41, 5.74) is 1.18. The van der Waals surface area contributed by atoms with Gasteiger partial charge in [-0.25, -0.2) is 9.29 Å². The lowest BCUT2D eigenvalue weighted by Gasteiger charge is -2.29. The number of rotatable bonds is 3. The molecule has 4 rings (SSSR count). The Kier molecular flexibility index (Phi) is 4.10. The maximum atomic E-state index is 13.2. The molecule has 2 aliphatic heterocycles. The number of hydrogen-bond acceptors (Lipinski definition) is 5. The fourth-order valence-electron chi connectivity index (χ4n) is 3.07. The minimum Gasteiger partial charge on any atom is -0.378 e. The third-order valence-corrected chi connectivity index (χ3v) is 5.13. The standard InChI is InChI=1S/C18H15FN2O3S/c19-12-3-5-13(6-4-12)21-17(22)15(14-2-1-11-25-14)16(18(21)23)20-7-9-24-10-8-20/h1-6,11H,7-10H2. The normalized spacial score (nSPS) is 18.4. The largest absolute Gasteiger partial charge is 0.378 e. The molecule has 0 radical (unpaired) electrons. The quantitative estimate of drug-likeness (QED) is 0.791. The van der Waals surface area contributed by atoms with Crippen LogP contribution in [0.2, 0.25) is 0 Å². The van der Waals surface area contributed by atoms with Crippen LogP contribution in [0.25, 0.3) is 5.57 Å². The molecule has 1 aromatic heterocycles. The molecule has 0 bridgehead atoms. The molecular formula is C18H15FN2O3S. The van der Waals surface area contributed by atoms with Crippen LogP contribution in [-0.4, -0.2) is 43.0 Å².